The Hall–Kier alpha value is -2.40. The molecule has 0 unspecified atom stereocenters. The van der Waals surface area contributed by atoms with Crippen molar-refractivity contribution in [1.82, 2.24) is 4.98 Å². The average molecular weight is 285 g/mol. The van der Waals surface area contributed by atoms with Crippen molar-refractivity contribution in [2.75, 3.05) is 11.9 Å². The fraction of sp³-hybridized carbons (Fsp3) is 0.250. The number of anilines is 1. The first-order valence-electron chi connectivity index (χ1n) is 6.73. The molecule has 0 spiro atoms. The summed E-state index contributed by atoms with van der Waals surface area (Å²) in [5.74, 6) is 0.960. The minimum atomic E-state index is -0.246. The minimum Gasteiger partial charge on any atom is -0.483 e. The van der Waals surface area contributed by atoms with Crippen molar-refractivity contribution in [3.63, 3.8) is 0 Å². The predicted octanol–water partition coefficient (Wildman–Crippen LogP) is 2.17. The summed E-state index contributed by atoms with van der Waals surface area (Å²) in [5.41, 5.74) is 8.50. The van der Waals surface area contributed by atoms with E-state index in [9.17, 15) is 4.79 Å². The molecule has 0 aliphatic heterocycles. The number of nitrogens with zero attached hydrogens (tertiary/aromatic N) is 1. The maximum Gasteiger partial charge on any atom is 0.263 e. The van der Waals surface area contributed by atoms with E-state index in [0.717, 1.165) is 22.4 Å². The molecule has 1 amide bonds. The van der Waals surface area contributed by atoms with Crippen LogP contribution >= 0.6 is 0 Å². The molecule has 5 heteroatoms. The topological polar surface area (TPSA) is 77.2 Å². The van der Waals surface area contributed by atoms with Crippen molar-refractivity contribution in [1.29, 1.82) is 0 Å². The molecule has 0 radical (unpaired) electrons. The second-order valence-electron chi connectivity index (χ2n) is 4.86. The summed E-state index contributed by atoms with van der Waals surface area (Å²) in [6.45, 7) is 4.30. The third kappa shape index (κ3) is 4.29. The van der Waals surface area contributed by atoms with Crippen LogP contribution < -0.4 is 15.8 Å². The van der Waals surface area contributed by atoms with Crippen molar-refractivity contribution in [2.45, 2.75) is 20.4 Å². The lowest BCUT2D eigenvalue weighted by molar-refractivity contribution is -0.118. The molecule has 110 valence electrons. The summed E-state index contributed by atoms with van der Waals surface area (Å²) in [6.07, 6.45) is 1.64. The number of benzene rings is 1. The summed E-state index contributed by atoms with van der Waals surface area (Å²) >= 11 is 0. The molecule has 1 aromatic heterocycles. The number of aryl methyl sites for hydroxylation is 2. The second-order valence-corrected chi connectivity index (χ2v) is 4.86. The van der Waals surface area contributed by atoms with Gasteiger partial charge in [-0.15, -0.1) is 0 Å². The first-order valence-corrected chi connectivity index (χ1v) is 6.73. The molecule has 3 N–H and O–H groups in total. The van der Waals surface area contributed by atoms with Crippen LogP contribution in [0.15, 0.2) is 36.5 Å². The fourth-order valence-corrected chi connectivity index (χ4v) is 1.80. The van der Waals surface area contributed by atoms with Gasteiger partial charge in [0.15, 0.2) is 6.61 Å². The number of carbonyl (C=O) groups excluding carboxylic acids is 1. The summed E-state index contributed by atoms with van der Waals surface area (Å²) in [6, 6.07) is 9.43. The van der Waals surface area contributed by atoms with Gasteiger partial charge in [-0.25, -0.2) is 4.98 Å². The Bertz CT molecular complexity index is 624. The third-order valence-corrected chi connectivity index (χ3v) is 3.03. The average Bonchev–Trinajstić information content (AvgIpc) is 2.49. The summed E-state index contributed by atoms with van der Waals surface area (Å²) in [5, 5.41) is 2.68. The number of aromatic nitrogens is 1. The largest absolute Gasteiger partial charge is 0.483 e. The predicted molar refractivity (Wildman–Crippen MR) is 82.2 cm³/mol. The van der Waals surface area contributed by atoms with Crippen molar-refractivity contribution in [3.8, 4) is 5.75 Å². The first kappa shape index (κ1) is 15.0. The summed E-state index contributed by atoms with van der Waals surface area (Å²) < 4.78 is 5.54. The van der Waals surface area contributed by atoms with Gasteiger partial charge in [-0.05, 0) is 42.7 Å². The van der Waals surface area contributed by atoms with Gasteiger partial charge in [0.05, 0.1) is 0 Å². The Kier molecular flexibility index (Phi) is 4.90. The number of rotatable bonds is 5. The van der Waals surface area contributed by atoms with Crippen LogP contribution in [0.3, 0.4) is 0 Å². The quantitative estimate of drug-likeness (QED) is 0.882. The van der Waals surface area contributed by atoms with Crippen molar-refractivity contribution in [2.24, 2.45) is 5.73 Å². The van der Waals surface area contributed by atoms with E-state index in [-0.39, 0.29) is 12.5 Å². The molecule has 0 aliphatic rings. The monoisotopic (exact) mass is 285 g/mol. The molecule has 1 heterocycles. The first-order chi connectivity index (χ1) is 10.1. The highest BCUT2D eigenvalue weighted by atomic mass is 16.5. The van der Waals surface area contributed by atoms with Gasteiger partial charge in [-0.2, -0.15) is 0 Å². The van der Waals surface area contributed by atoms with Crippen LogP contribution in [-0.2, 0) is 11.3 Å². The van der Waals surface area contributed by atoms with E-state index in [2.05, 4.69) is 10.3 Å². The van der Waals surface area contributed by atoms with E-state index in [1.54, 1.807) is 12.3 Å². The lowest BCUT2D eigenvalue weighted by Crippen LogP contribution is -2.21. The molecule has 0 saturated heterocycles. The lowest BCUT2D eigenvalue weighted by atomic mass is 10.1. The van der Waals surface area contributed by atoms with Crippen LogP contribution in [0, 0.1) is 13.8 Å². The molecule has 0 saturated carbocycles. The standard InChI is InChI=1S/C16H19N3O2/c1-11-3-4-12(2)14(7-11)21-10-16(20)19-15-6-5-13(8-17)9-18-15/h3-7,9H,8,10,17H2,1-2H3,(H,18,19,20). The van der Waals surface area contributed by atoms with E-state index in [4.69, 9.17) is 10.5 Å². The second kappa shape index (κ2) is 6.85. The molecule has 0 atom stereocenters. The molecular formula is C16H19N3O2. The number of nitrogens with one attached hydrogen (secondary N) is 1. The molecular weight excluding hydrogens is 266 g/mol. The number of hydrogen-bond donors (Lipinski definition) is 2. The van der Waals surface area contributed by atoms with Gasteiger partial charge in [0.25, 0.3) is 5.91 Å². The Morgan fingerprint density at radius 2 is 2.10 bits per heavy atom. The van der Waals surface area contributed by atoms with E-state index in [0.29, 0.717) is 12.4 Å². The van der Waals surface area contributed by atoms with Crippen molar-refractivity contribution in [3.05, 3.63) is 53.2 Å². The van der Waals surface area contributed by atoms with E-state index < -0.39 is 0 Å². The van der Waals surface area contributed by atoms with E-state index in [1.807, 2.05) is 38.1 Å². The van der Waals surface area contributed by atoms with Gasteiger partial charge < -0.3 is 15.8 Å². The van der Waals surface area contributed by atoms with Gasteiger partial charge in [-0.1, -0.05) is 18.2 Å². The van der Waals surface area contributed by atoms with E-state index in [1.165, 1.54) is 0 Å². The number of hydrogen-bond acceptors (Lipinski definition) is 4. The van der Waals surface area contributed by atoms with Gasteiger partial charge >= 0.3 is 0 Å². The van der Waals surface area contributed by atoms with E-state index >= 15 is 0 Å². The zero-order valence-corrected chi connectivity index (χ0v) is 12.2. The Morgan fingerprint density at radius 1 is 1.29 bits per heavy atom. The van der Waals surface area contributed by atoms with Gasteiger partial charge in [0.2, 0.25) is 0 Å². The highest BCUT2D eigenvalue weighted by Gasteiger charge is 2.06. The smallest absolute Gasteiger partial charge is 0.263 e. The summed E-state index contributed by atoms with van der Waals surface area (Å²) in [4.78, 5) is 15.9. The molecule has 2 rings (SSSR count). The van der Waals surface area contributed by atoms with Gasteiger partial charge in [0.1, 0.15) is 11.6 Å². The highest BCUT2D eigenvalue weighted by molar-refractivity contribution is 5.90. The number of nitrogens with two attached hydrogens (primary N) is 1. The van der Waals surface area contributed by atoms with Crippen LogP contribution in [0.2, 0.25) is 0 Å². The van der Waals surface area contributed by atoms with Crippen molar-refractivity contribution >= 4 is 11.7 Å². The molecule has 0 aliphatic carbocycles. The molecule has 1 aromatic carbocycles. The molecule has 0 bridgehead atoms. The Morgan fingerprint density at radius 3 is 2.76 bits per heavy atom. The maximum absolute atomic E-state index is 11.8. The van der Waals surface area contributed by atoms with Crippen LogP contribution in [0.25, 0.3) is 0 Å². The number of carbonyl (C=O) groups is 1. The zero-order chi connectivity index (χ0) is 15.2. The molecule has 2 aromatic rings. The Balaban J connectivity index is 1.91. The molecule has 21 heavy (non-hydrogen) atoms. The van der Waals surface area contributed by atoms with Gasteiger partial charge in [-0.3, -0.25) is 4.79 Å². The molecule has 5 nitrogen and oxygen atoms in total. The number of amides is 1. The normalized spacial score (nSPS) is 10.2. The lowest BCUT2D eigenvalue weighted by Gasteiger charge is -2.10. The third-order valence-electron chi connectivity index (χ3n) is 3.03. The number of pyridine rings is 1. The SMILES string of the molecule is Cc1ccc(C)c(OCC(=O)Nc2ccc(CN)cn2)c1. The van der Waals surface area contributed by atoms with Gasteiger partial charge in [0, 0.05) is 12.7 Å². The maximum atomic E-state index is 11.8. The zero-order valence-electron chi connectivity index (χ0n) is 12.2. The van der Waals surface area contributed by atoms with Crippen LogP contribution in [0.1, 0.15) is 16.7 Å². The summed E-state index contributed by atoms with van der Waals surface area (Å²) in [7, 11) is 0. The highest BCUT2D eigenvalue weighted by Crippen LogP contribution is 2.19. The van der Waals surface area contributed by atoms with Crippen molar-refractivity contribution < 1.29 is 9.53 Å². The minimum absolute atomic E-state index is 0.0510. The van der Waals surface area contributed by atoms with Crippen LogP contribution in [0.4, 0.5) is 5.82 Å². The molecule has 0 fully saturated rings. The Labute approximate surface area is 124 Å². The van der Waals surface area contributed by atoms with Crippen LogP contribution in [0.5, 0.6) is 5.75 Å². The fourth-order valence-electron chi connectivity index (χ4n) is 1.80. The number of ether oxygens (including phenoxy) is 1. The van der Waals surface area contributed by atoms with Crippen LogP contribution in [-0.4, -0.2) is 17.5 Å².